The van der Waals surface area contributed by atoms with Gasteiger partial charge in [-0.05, 0) is 6.42 Å². The SMILES string of the molecule is O=C1CCCC(=O)N1C1[C]=NCCN1. The van der Waals surface area contributed by atoms with E-state index in [-0.39, 0.29) is 11.8 Å². The number of nitrogens with one attached hydrogen (secondary N) is 1. The van der Waals surface area contributed by atoms with Crippen LogP contribution >= 0.6 is 0 Å². The van der Waals surface area contributed by atoms with Crippen molar-refractivity contribution in [3.8, 4) is 0 Å². The molecule has 1 saturated heterocycles. The van der Waals surface area contributed by atoms with Crippen molar-refractivity contribution in [2.45, 2.75) is 25.4 Å². The Morgan fingerprint density at radius 1 is 1.36 bits per heavy atom. The van der Waals surface area contributed by atoms with Crippen molar-refractivity contribution in [3.05, 3.63) is 0 Å². The van der Waals surface area contributed by atoms with Gasteiger partial charge in [0.25, 0.3) is 0 Å². The number of nitrogens with zero attached hydrogens (tertiary/aromatic N) is 2. The number of hydrogen-bond acceptors (Lipinski definition) is 4. The van der Waals surface area contributed by atoms with Gasteiger partial charge in [0, 0.05) is 19.4 Å². The minimum Gasteiger partial charge on any atom is -0.290 e. The van der Waals surface area contributed by atoms with E-state index in [1.165, 1.54) is 4.90 Å². The van der Waals surface area contributed by atoms with Crippen molar-refractivity contribution in [3.63, 3.8) is 0 Å². The van der Waals surface area contributed by atoms with E-state index in [0.717, 1.165) is 0 Å². The zero-order valence-electron chi connectivity index (χ0n) is 7.82. The fourth-order valence-electron chi connectivity index (χ4n) is 1.66. The second kappa shape index (κ2) is 3.88. The maximum Gasteiger partial charge on any atom is 0.230 e. The van der Waals surface area contributed by atoms with Crippen LogP contribution in [0.5, 0.6) is 0 Å². The third kappa shape index (κ3) is 1.68. The standard InChI is InChI=1S/C9H12N3O2/c13-8-2-1-3-9(14)12(8)7-6-10-4-5-11-7/h7,11H,1-5H2. The Balaban J connectivity index is 2.13. The Hall–Kier alpha value is -1.23. The van der Waals surface area contributed by atoms with Gasteiger partial charge in [0.05, 0.1) is 12.8 Å². The summed E-state index contributed by atoms with van der Waals surface area (Å²) in [4.78, 5) is 28.2. The van der Waals surface area contributed by atoms with Crippen LogP contribution in [0.4, 0.5) is 0 Å². The monoisotopic (exact) mass is 194 g/mol. The van der Waals surface area contributed by atoms with Crippen molar-refractivity contribution in [2.24, 2.45) is 4.99 Å². The van der Waals surface area contributed by atoms with Gasteiger partial charge in [-0.2, -0.15) is 0 Å². The number of amides is 2. The first-order chi connectivity index (χ1) is 6.79. The summed E-state index contributed by atoms with van der Waals surface area (Å²) in [5, 5.41) is 3.03. The summed E-state index contributed by atoms with van der Waals surface area (Å²) in [6.07, 6.45) is 3.87. The second-order valence-corrected chi connectivity index (χ2v) is 3.38. The lowest BCUT2D eigenvalue weighted by Crippen LogP contribution is -2.56. The molecule has 0 aromatic rings. The molecule has 0 spiro atoms. The van der Waals surface area contributed by atoms with Gasteiger partial charge in [0.1, 0.15) is 6.17 Å². The van der Waals surface area contributed by atoms with Crippen LogP contribution in [0.15, 0.2) is 4.99 Å². The van der Waals surface area contributed by atoms with Crippen LogP contribution in [-0.4, -0.2) is 42.2 Å². The second-order valence-electron chi connectivity index (χ2n) is 3.38. The maximum atomic E-state index is 11.5. The molecule has 1 N–H and O–H groups in total. The van der Waals surface area contributed by atoms with E-state index in [0.29, 0.717) is 32.4 Å². The van der Waals surface area contributed by atoms with Crippen LogP contribution in [0.25, 0.3) is 0 Å². The number of carbonyl (C=O) groups is 2. The number of rotatable bonds is 1. The van der Waals surface area contributed by atoms with Crippen molar-refractivity contribution in [1.29, 1.82) is 0 Å². The lowest BCUT2D eigenvalue weighted by molar-refractivity contribution is -0.149. The third-order valence-corrected chi connectivity index (χ3v) is 2.35. The van der Waals surface area contributed by atoms with Crippen molar-refractivity contribution in [1.82, 2.24) is 10.2 Å². The molecule has 1 unspecified atom stereocenters. The molecule has 75 valence electrons. The lowest BCUT2D eigenvalue weighted by Gasteiger charge is -2.31. The summed E-state index contributed by atoms with van der Waals surface area (Å²) in [6.45, 7) is 1.35. The number of aliphatic imine (C=N–C) groups is 1. The molecule has 0 saturated carbocycles. The zero-order chi connectivity index (χ0) is 9.97. The van der Waals surface area contributed by atoms with Crippen LogP contribution in [0.2, 0.25) is 0 Å². The number of piperidine rings is 1. The van der Waals surface area contributed by atoms with Crippen LogP contribution in [0.1, 0.15) is 19.3 Å². The van der Waals surface area contributed by atoms with E-state index in [1.807, 2.05) is 0 Å². The highest BCUT2D eigenvalue weighted by Gasteiger charge is 2.32. The lowest BCUT2D eigenvalue weighted by atomic mass is 10.1. The molecule has 0 bridgehead atoms. The van der Waals surface area contributed by atoms with Gasteiger partial charge in [0.15, 0.2) is 0 Å². The Morgan fingerprint density at radius 3 is 2.64 bits per heavy atom. The highest BCUT2D eigenvalue weighted by atomic mass is 16.2. The first-order valence-corrected chi connectivity index (χ1v) is 4.79. The van der Waals surface area contributed by atoms with Gasteiger partial charge in [-0.3, -0.25) is 24.8 Å². The zero-order valence-corrected chi connectivity index (χ0v) is 7.82. The van der Waals surface area contributed by atoms with Crippen LogP contribution < -0.4 is 5.32 Å². The van der Waals surface area contributed by atoms with Gasteiger partial charge in [-0.1, -0.05) is 0 Å². The molecule has 0 aromatic carbocycles. The number of hydrogen-bond donors (Lipinski definition) is 1. The van der Waals surface area contributed by atoms with Gasteiger partial charge >= 0.3 is 0 Å². The van der Waals surface area contributed by atoms with Crippen LogP contribution in [0, 0.1) is 0 Å². The van der Waals surface area contributed by atoms with E-state index < -0.39 is 6.17 Å². The molecular weight excluding hydrogens is 182 g/mol. The van der Waals surface area contributed by atoms with E-state index in [4.69, 9.17) is 0 Å². The summed E-state index contributed by atoms with van der Waals surface area (Å²) in [6, 6.07) is 0. The number of carbonyl (C=O) groups excluding carboxylic acids is 2. The molecule has 1 fully saturated rings. The summed E-state index contributed by atoms with van der Waals surface area (Å²) in [7, 11) is 0. The molecule has 2 aliphatic heterocycles. The molecule has 1 radical (unpaired) electrons. The van der Waals surface area contributed by atoms with E-state index in [2.05, 4.69) is 16.5 Å². The molecule has 2 amide bonds. The quantitative estimate of drug-likeness (QED) is 0.567. The van der Waals surface area contributed by atoms with Gasteiger partial charge < -0.3 is 0 Å². The summed E-state index contributed by atoms with van der Waals surface area (Å²) >= 11 is 0. The summed E-state index contributed by atoms with van der Waals surface area (Å²) in [5.41, 5.74) is 0. The molecule has 1 atom stereocenters. The highest BCUT2D eigenvalue weighted by molar-refractivity contribution is 6.00. The van der Waals surface area contributed by atoms with Gasteiger partial charge in [0.2, 0.25) is 11.8 Å². The molecule has 0 aliphatic carbocycles. The molecule has 5 nitrogen and oxygen atoms in total. The van der Waals surface area contributed by atoms with Crippen molar-refractivity contribution >= 4 is 18.0 Å². The van der Waals surface area contributed by atoms with E-state index in [1.54, 1.807) is 0 Å². The minimum atomic E-state index is -0.441. The topological polar surface area (TPSA) is 61.8 Å². The van der Waals surface area contributed by atoms with Crippen LogP contribution in [-0.2, 0) is 9.59 Å². The summed E-state index contributed by atoms with van der Waals surface area (Å²) in [5.74, 6) is -0.244. The molecule has 2 rings (SSSR count). The normalized spacial score (nSPS) is 28.3. The van der Waals surface area contributed by atoms with Crippen LogP contribution in [0.3, 0.4) is 0 Å². The Bertz CT molecular complexity index is 272. The number of imide groups is 1. The van der Waals surface area contributed by atoms with Crippen molar-refractivity contribution < 1.29 is 9.59 Å². The highest BCUT2D eigenvalue weighted by Crippen LogP contribution is 2.14. The van der Waals surface area contributed by atoms with E-state index >= 15 is 0 Å². The minimum absolute atomic E-state index is 0.122. The molecule has 2 heterocycles. The number of likely N-dealkylation sites (tertiary alicyclic amines) is 1. The molecule has 5 heteroatoms. The third-order valence-electron chi connectivity index (χ3n) is 2.35. The first kappa shape index (κ1) is 9.33. The Kier molecular flexibility index (Phi) is 2.58. The fourth-order valence-corrected chi connectivity index (χ4v) is 1.66. The molecule has 14 heavy (non-hydrogen) atoms. The summed E-state index contributed by atoms with van der Waals surface area (Å²) < 4.78 is 0. The molecule has 0 aromatic heterocycles. The van der Waals surface area contributed by atoms with Gasteiger partial charge in [-0.15, -0.1) is 0 Å². The smallest absolute Gasteiger partial charge is 0.230 e. The Morgan fingerprint density at radius 2 is 2.07 bits per heavy atom. The van der Waals surface area contributed by atoms with Gasteiger partial charge in [-0.25, -0.2) is 0 Å². The average Bonchev–Trinajstić information content (AvgIpc) is 2.19. The van der Waals surface area contributed by atoms with E-state index in [9.17, 15) is 9.59 Å². The predicted molar refractivity (Wildman–Crippen MR) is 49.8 cm³/mol. The molecule has 2 aliphatic rings. The maximum absolute atomic E-state index is 11.5. The Labute approximate surface area is 82.2 Å². The predicted octanol–water partition coefficient (Wildman–Crippen LogP) is -0.597. The fraction of sp³-hybridized carbons (Fsp3) is 0.667. The largest absolute Gasteiger partial charge is 0.290 e. The molecular formula is C9H12N3O2. The van der Waals surface area contributed by atoms with Crippen molar-refractivity contribution in [2.75, 3.05) is 13.1 Å². The average molecular weight is 194 g/mol. The first-order valence-electron chi connectivity index (χ1n) is 4.79.